The first-order valence-electron chi connectivity index (χ1n) is 19.6. The molecule has 5 atom stereocenters. The predicted octanol–water partition coefficient (Wildman–Crippen LogP) is 2.61. The third-order valence-corrected chi connectivity index (χ3v) is 14.0. The van der Waals surface area contributed by atoms with Crippen LogP contribution in [-0.4, -0.2) is 108 Å². The first kappa shape index (κ1) is 40.8. The molecule has 294 valence electrons. The highest BCUT2D eigenvalue weighted by molar-refractivity contribution is 7.73. The second-order valence-electron chi connectivity index (χ2n) is 18.7. The molecule has 2 aliphatic heterocycles. The number of amides is 5. The fourth-order valence-electron chi connectivity index (χ4n) is 9.14. The van der Waals surface area contributed by atoms with Gasteiger partial charge in [-0.1, -0.05) is 75.2 Å². The number of carbonyl (C=O) groups is 5. The highest BCUT2D eigenvalue weighted by Crippen LogP contribution is 2.88. The Labute approximate surface area is 315 Å². The number of urea groups is 1. The topological polar surface area (TPSA) is 161 Å². The van der Waals surface area contributed by atoms with Crippen molar-refractivity contribution >= 4 is 41.7 Å². The van der Waals surface area contributed by atoms with Gasteiger partial charge in [-0.3, -0.25) is 19.2 Å². The molecule has 5 fully saturated rings. The van der Waals surface area contributed by atoms with Gasteiger partial charge in [0.25, 0.3) is 5.91 Å². The van der Waals surface area contributed by atoms with Crippen LogP contribution in [0.3, 0.4) is 0 Å². The highest BCUT2D eigenvalue weighted by Gasteiger charge is 2.85. The van der Waals surface area contributed by atoms with E-state index < -0.39 is 47.2 Å². The second kappa shape index (κ2) is 15.4. The van der Waals surface area contributed by atoms with E-state index in [9.17, 15) is 24.0 Å². The van der Waals surface area contributed by atoms with Crippen LogP contribution in [0.15, 0.2) is 0 Å². The number of nitrogens with one attached hydrogen (secondary N) is 5. The lowest BCUT2D eigenvalue weighted by Crippen LogP contribution is -2.61. The maximum Gasteiger partial charge on any atom is 0.315 e. The lowest BCUT2D eigenvalue weighted by molar-refractivity contribution is -0.144. The Hall–Kier alpha value is -2.42. The minimum atomic E-state index is -0.970. The van der Waals surface area contributed by atoms with Crippen molar-refractivity contribution in [2.45, 2.75) is 144 Å². The molecule has 5 rings (SSSR count). The van der Waals surface area contributed by atoms with Gasteiger partial charge < -0.3 is 30.9 Å². The summed E-state index contributed by atoms with van der Waals surface area (Å²) in [5, 5.41) is 11.9. The molecule has 5 amide bonds. The third kappa shape index (κ3) is 8.15. The van der Waals surface area contributed by atoms with Gasteiger partial charge in [0.15, 0.2) is 12.1 Å². The Bertz CT molecular complexity index is 1360. The molecular weight excluding hydrogens is 683 g/mol. The van der Waals surface area contributed by atoms with Crippen molar-refractivity contribution in [3.8, 4) is 0 Å². The lowest BCUT2D eigenvalue weighted by atomic mass is 9.73. The first-order valence-corrected chi connectivity index (χ1v) is 20.4. The number of morpholine rings is 1. The van der Waals surface area contributed by atoms with Crippen molar-refractivity contribution in [3.63, 3.8) is 0 Å². The maximum atomic E-state index is 14.8. The van der Waals surface area contributed by atoms with E-state index in [4.69, 9.17) is 4.74 Å². The molecule has 0 aromatic rings. The number of hydrogen-bond donors (Lipinski definition) is 5. The van der Waals surface area contributed by atoms with Gasteiger partial charge in [-0.25, -0.2) is 4.79 Å². The standard InChI is InChI=1S/C38H65N7O6S/c1-10-12-25(28(46)31(48)40-24-13-14-24)41-30(47)26-21-38(36(8,9)37(38)15-11-16-37)23-45(26)32(49)29(35(5,6)7)43-33(50)42-27(34(2,3)4)22-39-52-44-17-19-51-20-18-44/h24-27,29,39H,10-23H2,1-9H3,(H,40,48)(H,41,47)(H2,42,43,50)/p+1/t25?,26-,27-,29+,38+/m0/s1. The zero-order valence-electron chi connectivity index (χ0n) is 33.1. The van der Waals surface area contributed by atoms with E-state index in [1.807, 2.05) is 27.7 Å². The summed E-state index contributed by atoms with van der Waals surface area (Å²) in [7, 11) is 0. The van der Waals surface area contributed by atoms with Crippen molar-refractivity contribution in [1.82, 2.24) is 35.2 Å². The molecule has 0 aromatic heterocycles. The monoisotopic (exact) mass is 748 g/mol. The number of thiol groups is 1. The van der Waals surface area contributed by atoms with Gasteiger partial charge in [0.2, 0.25) is 17.6 Å². The predicted molar refractivity (Wildman–Crippen MR) is 203 cm³/mol. The van der Waals surface area contributed by atoms with Crippen LogP contribution in [-0.2, 0) is 36.0 Å². The molecule has 3 aliphatic carbocycles. The minimum absolute atomic E-state index is 0.0247. The number of Topliss-reactive ketones (excluding diaryl/α,β-unsaturated/α-hetero) is 1. The summed E-state index contributed by atoms with van der Waals surface area (Å²) in [4.78, 5) is 70.6. The fourth-order valence-corrected chi connectivity index (χ4v) is 9.96. The van der Waals surface area contributed by atoms with E-state index in [2.05, 4.69) is 64.9 Å². The molecular formula is C38H66N7O6S+. The molecule has 0 bridgehead atoms. The summed E-state index contributed by atoms with van der Waals surface area (Å²) in [6.45, 7) is 22.5. The molecule has 5 aliphatic rings. The Morgan fingerprint density at radius 1 is 0.904 bits per heavy atom. The number of fused-ring (bicyclic) bond motifs is 1. The van der Waals surface area contributed by atoms with Crippen molar-refractivity contribution in [3.05, 3.63) is 0 Å². The molecule has 3 saturated carbocycles. The molecule has 52 heavy (non-hydrogen) atoms. The van der Waals surface area contributed by atoms with E-state index in [1.165, 1.54) is 0 Å². The summed E-state index contributed by atoms with van der Waals surface area (Å²) in [6.07, 6.45) is 6.37. The summed E-state index contributed by atoms with van der Waals surface area (Å²) in [5.41, 5.74) is -1.19. The second-order valence-corrected chi connectivity index (χ2v) is 19.7. The third-order valence-electron chi connectivity index (χ3n) is 13.0. The normalized spacial score (nSPS) is 26.9. The summed E-state index contributed by atoms with van der Waals surface area (Å²) < 4.78 is 11.2. The number of hydrogen-bond acceptors (Lipinski definition) is 8. The summed E-state index contributed by atoms with van der Waals surface area (Å²) in [5.74, 6) is -2.03. The zero-order chi connectivity index (χ0) is 38.3. The number of nitrogens with zero attached hydrogens (tertiary/aromatic N) is 2. The highest BCUT2D eigenvalue weighted by atomic mass is 32.2. The first-order chi connectivity index (χ1) is 24.3. The van der Waals surface area contributed by atoms with Crippen LogP contribution >= 0.6 is 0 Å². The number of carbonyl (C=O) groups excluding carboxylic acids is 5. The molecule has 14 heteroatoms. The van der Waals surface area contributed by atoms with Crippen LogP contribution in [0, 0.1) is 27.1 Å². The van der Waals surface area contributed by atoms with Gasteiger partial charge in [-0.2, -0.15) is 0 Å². The fraction of sp³-hybridized carbons (Fsp3) is 0.868. The van der Waals surface area contributed by atoms with Crippen LogP contribution in [0.5, 0.6) is 0 Å². The van der Waals surface area contributed by atoms with Crippen LogP contribution in [0.1, 0.15) is 114 Å². The lowest BCUT2D eigenvalue weighted by Gasteiger charge is -2.37. The minimum Gasteiger partial charge on any atom is -0.378 e. The van der Waals surface area contributed by atoms with Crippen LogP contribution in [0.25, 0.3) is 0 Å². The van der Waals surface area contributed by atoms with Gasteiger partial charge in [0.1, 0.15) is 12.1 Å². The van der Waals surface area contributed by atoms with E-state index in [0.717, 1.165) is 57.3 Å². The Kier molecular flexibility index (Phi) is 12.0. The number of ether oxygens (including phenoxy) is 1. The van der Waals surface area contributed by atoms with E-state index in [0.29, 0.717) is 45.6 Å². The van der Waals surface area contributed by atoms with E-state index in [1.54, 1.807) is 4.90 Å². The number of likely N-dealkylation sites (tertiary alicyclic amines) is 1. The molecule has 0 aromatic carbocycles. The molecule has 2 spiro atoms. The summed E-state index contributed by atoms with van der Waals surface area (Å²) >= 11 is 0.970. The summed E-state index contributed by atoms with van der Waals surface area (Å²) in [6, 6.07) is -3.37. The van der Waals surface area contributed by atoms with Crippen LogP contribution < -0.4 is 26.0 Å². The van der Waals surface area contributed by atoms with Gasteiger partial charge >= 0.3 is 6.03 Å². The zero-order valence-corrected chi connectivity index (χ0v) is 34.0. The van der Waals surface area contributed by atoms with Crippen molar-refractivity contribution in [1.29, 1.82) is 0 Å². The molecule has 13 nitrogen and oxygen atoms in total. The van der Waals surface area contributed by atoms with Crippen molar-refractivity contribution in [2.75, 3.05) is 39.4 Å². The number of ketones is 1. The molecule has 5 N–H and O–H groups in total. The quantitative estimate of drug-likeness (QED) is 0.103. The van der Waals surface area contributed by atoms with E-state index >= 15 is 0 Å². The van der Waals surface area contributed by atoms with E-state index in [-0.39, 0.29) is 39.7 Å². The van der Waals surface area contributed by atoms with Crippen molar-refractivity contribution < 1.29 is 28.7 Å². The SMILES string of the molecule is CCCC(NC(=O)[C@@H]1C[C@@]2(CN1C(=O)[C@@H](NC(=O)N[C@@H](CN[SH+]N1CCOCC1)C(C)(C)C)C(C)(C)C)C(C)(C)C21CCC1)C(=O)C(=O)NC1CC1. The largest absolute Gasteiger partial charge is 0.378 e. The molecule has 2 heterocycles. The van der Waals surface area contributed by atoms with Gasteiger partial charge in [0.05, 0.1) is 44.9 Å². The Morgan fingerprint density at radius 2 is 1.56 bits per heavy atom. The maximum absolute atomic E-state index is 14.8. The van der Waals surface area contributed by atoms with Gasteiger partial charge in [-0.05, 0) is 60.2 Å². The molecule has 1 unspecified atom stereocenters. The van der Waals surface area contributed by atoms with Crippen LogP contribution in [0.4, 0.5) is 4.79 Å². The number of rotatable bonds is 14. The smallest absolute Gasteiger partial charge is 0.315 e. The van der Waals surface area contributed by atoms with Crippen LogP contribution in [0.2, 0.25) is 0 Å². The average molecular weight is 749 g/mol. The van der Waals surface area contributed by atoms with Crippen molar-refractivity contribution in [2.24, 2.45) is 27.1 Å². The Balaban J connectivity index is 1.33. The Morgan fingerprint density at radius 3 is 2.08 bits per heavy atom. The van der Waals surface area contributed by atoms with Gasteiger partial charge in [-0.15, -0.1) is 9.03 Å². The molecule has 2 saturated heterocycles. The van der Waals surface area contributed by atoms with Gasteiger partial charge in [0, 0.05) is 18.0 Å². The molecule has 0 radical (unpaired) electrons. The average Bonchev–Trinajstić information content (AvgIpc) is 3.87.